The van der Waals surface area contributed by atoms with Crippen molar-refractivity contribution in [1.29, 1.82) is 0 Å². The number of anilines is 1. The number of nitrogens with zero attached hydrogens (tertiary/aromatic N) is 2. The standard InChI is InChI=1S/C19H23N3/c1-13-3-6-18-16(9-13)17-11-20-12-19(17)22(18)8-7-15-5-4-14(2)21-10-15/h3-6,9-10,17,19-20H,7-8,11-12H2,1-2H3/p+1/t17-,19-/m0/s1. The van der Waals surface area contributed by atoms with E-state index >= 15 is 0 Å². The Hall–Kier alpha value is -1.87. The minimum atomic E-state index is 0.676. The number of nitrogens with two attached hydrogens (primary N) is 1. The maximum Gasteiger partial charge on any atom is 0.0970 e. The molecule has 2 aliphatic heterocycles. The van der Waals surface area contributed by atoms with Crippen molar-refractivity contribution in [3.63, 3.8) is 0 Å². The van der Waals surface area contributed by atoms with Gasteiger partial charge >= 0.3 is 0 Å². The zero-order valence-corrected chi connectivity index (χ0v) is 13.4. The van der Waals surface area contributed by atoms with Gasteiger partial charge < -0.3 is 10.2 Å². The quantitative estimate of drug-likeness (QED) is 0.936. The first-order valence-corrected chi connectivity index (χ1v) is 8.33. The smallest absolute Gasteiger partial charge is 0.0970 e. The van der Waals surface area contributed by atoms with Crippen molar-refractivity contribution < 1.29 is 5.32 Å². The first-order valence-electron chi connectivity index (χ1n) is 8.33. The van der Waals surface area contributed by atoms with Crippen LogP contribution in [-0.4, -0.2) is 30.7 Å². The Kier molecular flexibility index (Phi) is 3.38. The molecule has 114 valence electrons. The normalized spacial score (nSPS) is 22.7. The Morgan fingerprint density at radius 2 is 2.09 bits per heavy atom. The second-order valence-electron chi connectivity index (χ2n) is 6.75. The first-order chi connectivity index (χ1) is 10.7. The maximum absolute atomic E-state index is 4.42. The second-order valence-corrected chi connectivity index (χ2v) is 6.75. The summed E-state index contributed by atoms with van der Waals surface area (Å²) in [6.45, 7) is 7.81. The molecule has 0 aliphatic carbocycles. The van der Waals surface area contributed by atoms with Crippen LogP contribution in [0.5, 0.6) is 0 Å². The molecule has 1 saturated heterocycles. The zero-order chi connectivity index (χ0) is 15.1. The molecule has 2 atom stereocenters. The molecule has 0 unspecified atom stereocenters. The summed E-state index contributed by atoms with van der Waals surface area (Å²) in [7, 11) is 0. The fourth-order valence-electron chi connectivity index (χ4n) is 4.04. The molecule has 3 heteroatoms. The van der Waals surface area contributed by atoms with Crippen LogP contribution >= 0.6 is 0 Å². The molecule has 0 bridgehead atoms. The topological polar surface area (TPSA) is 32.7 Å². The van der Waals surface area contributed by atoms with Gasteiger partial charge in [0, 0.05) is 24.1 Å². The average Bonchev–Trinajstić information content (AvgIpc) is 3.08. The highest BCUT2D eigenvalue weighted by molar-refractivity contribution is 5.63. The van der Waals surface area contributed by atoms with Crippen LogP contribution < -0.4 is 10.2 Å². The van der Waals surface area contributed by atoms with E-state index in [1.54, 1.807) is 5.56 Å². The fraction of sp³-hybridized carbons (Fsp3) is 0.421. The molecule has 3 heterocycles. The largest absolute Gasteiger partial charge is 0.361 e. The van der Waals surface area contributed by atoms with Gasteiger partial charge in [-0.2, -0.15) is 0 Å². The van der Waals surface area contributed by atoms with Gasteiger partial charge in [-0.3, -0.25) is 4.98 Å². The van der Waals surface area contributed by atoms with Crippen molar-refractivity contribution >= 4 is 5.69 Å². The van der Waals surface area contributed by atoms with Gasteiger partial charge in [-0.1, -0.05) is 23.8 Å². The van der Waals surface area contributed by atoms with Crippen molar-refractivity contribution in [2.24, 2.45) is 0 Å². The van der Waals surface area contributed by atoms with Crippen molar-refractivity contribution in [2.45, 2.75) is 32.2 Å². The Morgan fingerprint density at radius 1 is 1.18 bits per heavy atom. The molecule has 0 amide bonds. The van der Waals surface area contributed by atoms with E-state index in [4.69, 9.17) is 0 Å². The van der Waals surface area contributed by atoms with Crippen LogP contribution in [0.4, 0.5) is 5.69 Å². The van der Waals surface area contributed by atoms with Crippen molar-refractivity contribution in [2.75, 3.05) is 24.5 Å². The Labute approximate surface area is 132 Å². The molecule has 4 rings (SSSR count). The number of hydrogen-bond acceptors (Lipinski definition) is 2. The highest BCUT2D eigenvalue weighted by atomic mass is 15.2. The summed E-state index contributed by atoms with van der Waals surface area (Å²) >= 11 is 0. The highest BCUT2D eigenvalue weighted by Crippen LogP contribution is 2.41. The predicted octanol–water partition coefficient (Wildman–Crippen LogP) is 1.79. The Bertz CT molecular complexity index is 678. The van der Waals surface area contributed by atoms with Crippen LogP contribution in [0, 0.1) is 13.8 Å². The molecule has 3 nitrogen and oxygen atoms in total. The highest BCUT2D eigenvalue weighted by Gasteiger charge is 2.43. The molecule has 0 spiro atoms. The van der Waals surface area contributed by atoms with E-state index < -0.39 is 0 Å². The predicted molar refractivity (Wildman–Crippen MR) is 89.4 cm³/mol. The van der Waals surface area contributed by atoms with Crippen molar-refractivity contribution in [3.05, 3.63) is 58.9 Å². The number of rotatable bonds is 3. The van der Waals surface area contributed by atoms with Crippen LogP contribution in [0.1, 0.15) is 28.3 Å². The number of fused-ring (bicyclic) bond motifs is 3. The summed E-state index contributed by atoms with van der Waals surface area (Å²) in [5, 5.41) is 2.47. The lowest BCUT2D eigenvalue weighted by Crippen LogP contribution is -2.82. The monoisotopic (exact) mass is 294 g/mol. The third-order valence-electron chi connectivity index (χ3n) is 5.20. The van der Waals surface area contributed by atoms with E-state index in [9.17, 15) is 0 Å². The SMILES string of the molecule is Cc1ccc2c(c1)[C@@H]1C[NH2+]C[C@@H]1N2CCc1ccc(C)nc1. The molecular formula is C19H24N3+. The third-order valence-corrected chi connectivity index (χ3v) is 5.20. The van der Waals surface area contributed by atoms with E-state index in [1.165, 1.54) is 29.9 Å². The van der Waals surface area contributed by atoms with E-state index in [0.29, 0.717) is 12.0 Å². The number of aryl methyl sites for hydroxylation is 2. The van der Waals surface area contributed by atoms with Crippen LogP contribution in [0.2, 0.25) is 0 Å². The van der Waals surface area contributed by atoms with E-state index in [-0.39, 0.29) is 0 Å². The Morgan fingerprint density at radius 3 is 2.91 bits per heavy atom. The lowest BCUT2D eigenvalue weighted by atomic mass is 9.97. The van der Waals surface area contributed by atoms with Gasteiger partial charge in [0.2, 0.25) is 0 Å². The van der Waals surface area contributed by atoms with Crippen molar-refractivity contribution in [3.8, 4) is 0 Å². The lowest BCUT2D eigenvalue weighted by molar-refractivity contribution is -0.637. The second kappa shape index (κ2) is 5.40. The number of quaternary nitrogens is 1. The zero-order valence-electron chi connectivity index (χ0n) is 13.4. The average molecular weight is 294 g/mol. The van der Waals surface area contributed by atoms with Gasteiger partial charge in [-0.05, 0) is 43.5 Å². The summed E-state index contributed by atoms with van der Waals surface area (Å²) in [4.78, 5) is 7.06. The minimum absolute atomic E-state index is 0.676. The molecule has 0 radical (unpaired) electrons. The number of benzene rings is 1. The van der Waals surface area contributed by atoms with Crippen LogP contribution in [0.25, 0.3) is 0 Å². The molecule has 2 aromatic rings. The summed E-state index contributed by atoms with van der Waals surface area (Å²) in [5.74, 6) is 0.714. The molecular weight excluding hydrogens is 270 g/mol. The van der Waals surface area contributed by atoms with Gasteiger partial charge in [0.05, 0.1) is 25.0 Å². The van der Waals surface area contributed by atoms with Crippen LogP contribution in [0.3, 0.4) is 0 Å². The lowest BCUT2D eigenvalue weighted by Gasteiger charge is -2.25. The number of pyridine rings is 1. The van der Waals surface area contributed by atoms with Crippen LogP contribution in [-0.2, 0) is 6.42 Å². The van der Waals surface area contributed by atoms with E-state index in [0.717, 1.165) is 18.7 Å². The molecule has 1 fully saturated rings. The van der Waals surface area contributed by atoms with Gasteiger partial charge in [-0.25, -0.2) is 0 Å². The molecule has 0 saturated carbocycles. The molecule has 2 aliphatic rings. The first kappa shape index (κ1) is 13.8. The van der Waals surface area contributed by atoms with Crippen LogP contribution in [0.15, 0.2) is 36.5 Å². The van der Waals surface area contributed by atoms with Gasteiger partial charge in [-0.15, -0.1) is 0 Å². The third kappa shape index (κ3) is 2.30. The minimum Gasteiger partial charge on any atom is -0.361 e. The summed E-state index contributed by atoms with van der Waals surface area (Å²) in [6.07, 6.45) is 3.10. The van der Waals surface area contributed by atoms with Gasteiger partial charge in [0.15, 0.2) is 0 Å². The number of aromatic nitrogens is 1. The summed E-state index contributed by atoms with van der Waals surface area (Å²) in [6, 6.07) is 12.0. The van der Waals surface area contributed by atoms with Gasteiger partial charge in [0.1, 0.15) is 0 Å². The molecule has 2 N–H and O–H groups in total. The Balaban J connectivity index is 1.57. The molecule has 22 heavy (non-hydrogen) atoms. The van der Waals surface area contributed by atoms with Gasteiger partial charge in [0.25, 0.3) is 0 Å². The molecule has 1 aromatic carbocycles. The summed E-state index contributed by atoms with van der Waals surface area (Å²) < 4.78 is 0. The van der Waals surface area contributed by atoms with E-state index in [1.807, 2.05) is 13.1 Å². The fourth-order valence-corrected chi connectivity index (χ4v) is 4.04. The van der Waals surface area contributed by atoms with Crippen molar-refractivity contribution in [1.82, 2.24) is 4.98 Å². The number of hydrogen-bond donors (Lipinski definition) is 1. The maximum atomic E-state index is 4.42. The van der Waals surface area contributed by atoms with E-state index in [2.05, 4.69) is 52.5 Å². The molecule has 1 aromatic heterocycles. The summed E-state index contributed by atoms with van der Waals surface area (Å²) in [5.41, 5.74) is 6.85.